The molecule has 0 aliphatic carbocycles. The molecule has 0 saturated carbocycles. The first-order valence-electron chi connectivity index (χ1n) is 6.41. The van der Waals surface area contributed by atoms with E-state index in [-0.39, 0.29) is 0 Å². The quantitative estimate of drug-likeness (QED) is 0.912. The van der Waals surface area contributed by atoms with E-state index in [1.54, 1.807) is 22.8 Å². The first-order chi connectivity index (χ1) is 9.06. The Balaban J connectivity index is 2.09. The second-order valence-corrected chi connectivity index (χ2v) is 5.91. The molecule has 0 bridgehead atoms. The third-order valence-electron chi connectivity index (χ3n) is 2.82. The minimum atomic E-state index is 0.507. The molecule has 0 aliphatic rings. The van der Waals surface area contributed by atoms with Gasteiger partial charge >= 0.3 is 0 Å². The highest BCUT2D eigenvalue weighted by Crippen LogP contribution is 2.28. The number of aromatic nitrogens is 3. The van der Waals surface area contributed by atoms with E-state index in [4.69, 9.17) is 0 Å². The molecule has 5 heteroatoms. The molecule has 0 radical (unpaired) electrons. The summed E-state index contributed by atoms with van der Waals surface area (Å²) in [6, 6.07) is 7.06. The topological polar surface area (TPSA) is 42.7 Å². The molecule has 0 atom stereocenters. The maximum atomic E-state index is 4.24. The largest absolute Gasteiger partial charge is 0.310 e. The minimum absolute atomic E-state index is 0.507. The average molecular weight is 276 g/mol. The van der Waals surface area contributed by atoms with Gasteiger partial charge in [0.25, 0.3) is 0 Å². The lowest BCUT2D eigenvalue weighted by molar-refractivity contribution is 0.588. The average Bonchev–Trinajstić information content (AvgIpc) is 2.75. The summed E-state index contributed by atoms with van der Waals surface area (Å²) in [5, 5.41) is 8.43. The van der Waals surface area contributed by atoms with Crippen molar-refractivity contribution in [2.75, 3.05) is 0 Å². The molecule has 0 unspecified atom stereocenters. The van der Waals surface area contributed by atoms with E-state index in [1.165, 1.54) is 16.0 Å². The van der Waals surface area contributed by atoms with Crippen LogP contribution in [0.4, 0.5) is 0 Å². The summed E-state index contributed by atoms with van der Waals surface area (Å²) in [6.07, 6.45) is 1.58. The summed E-state index contributed by atoms with van der Waals surface area (Å²) >= 11 is 1.65. The van der Waals surface area contributed by atoms with Crippen LogP contribution in [-0.4, -0.2) is 20.8 Å². The fourth-order valence-corrected chi connectivity index (χ4v) is 2.57. The van der Waals surface area contributed by atoms with Gasteiger partial charge in [-0.15, -0.1) is 0 Å². The van der Waals surface area contributed by atoms with Gasteiger partial charge in [0.05, 0.1) is 0 Å². The van der Waals surface area contributed by atoms with Crippen molar-refractivity contribution < 1.29 is 0 Å². The zero-order valence-electron chi connectivity index (χ0n) is 11.8. The summed E-state index contributed by atoms with van der Waals surface area (Å²) in [6.45, 7) is 7.36. The van der Waals surface area contributed by atoms with Crippen molar-refractivity contribution in [3.63, 3.8) is 0 Å². The van der Waals surface area contributed by atoms with Crippen molar-refractivity contribution in [3.8, 4) is 0 Å². The number of benzene rings is 1. The Bertz CT molecular complexity index is 548. The first-order valence-corrected chi connectivity index (χ1v) is 7.22. The van der Waals surface area contributed by atoms with Crippen molar-refractivity contribution in [1.82, 2.24) is 20.1 Å². The molecule has 102 valence electrons. The van der Waals surface area contributed by atoms with Gasteiger partial charge in [-0.2, -0.15) is 5.10 Å². The number of hydrogen-bond donors (Lipinski definition) is 1. The molecule has 0 fully saturated rings. The Hall–Kier alpha value is -1.33. The summed E-state index contributed by atoms with van der Waals surface area (Å²) in [5.41, 5.74) is 2.59. The van der Waals surface area contributed by atoms with Gasteiger partial charge in [-0.25, -0.2) is 9.67 Å². The second-order valence-electron chi connectivity index (χ2n) is 4.90. The van der Waals surface area contributed by atoms with Gasteiger partial charge in [0.1, 0.15) is 6.33 Å². The van der Waals surface area contributed by atoms with Gasteiger partial charge in [0.2, 0.25) is 0 Å². The van der Waals surface area contributed by atoms with E-state index in [0.29, 0.717) is 6.04 Å². The third-order valence-corrected chi connectivity index (χ3v) is 4.06. The van der Waals surface area contributed by atoms with Gasteiger partial charge in [0, 0.05) is 24.5 Å². The summed E-state index contributed by atoms with van der Waals surface area (Å²) < 4.78 is 1.79. The van der Waals surface area contributed by atoms with Gasteiger partial charge in [-0.05, 0) is 35.9 Å². The number of rotatable bonds is 5. The van der Waals surface area contributed by atoms with Gasteiger partial charge < -0.3 is 5.32 Å². The molecule has 0 aliphatic heterocycles. The summed E-state index contributed by atoms with van der Waals surface area (Å²) in [4.78, 5) is 5.46. The first kappa shape index (κ1) is 14.1. The molecule has 1 aromatic heterocycles. The van der Waals surface area contributed by atoms with Crippen LogP contribution in [0.2, 0.25) is 0 Å². The molecule has 19 heavy (non-hydrogen) atoms. The Labute approximate surface area is 118 Å². The van der Waals surface area contributed by atoms with Crippen LogP contribution in [0.1, 0.15) is 25.0 Å². The highest BCUT2D eigenvalue weighted by atomic mass is 32.2. The Morgan fingerprint density at radius 2 is 2.16 bits per heavy atom. The second kappa shape index (κ2) is 6.21. The third kappa shape index (κ3) is 3.81. The number of hydrogen-bond acceptors (Lipinski definition) is 4. The van der Waals surface area contributed by atoms with E-state index in [1.807, 2.05) is 7.05 Å². The van der Waals surface area contributed by atoms with Crippen LogP contribution in [0.3, 0.4) is 0 Å². The normalized spacial score (nSPS) is 11.2. The van der Waals surface area contributed by atoms with Crippen molar-refractivity contribution in [2.24, 2.45) is 7.05 Å². The van der Waals surface area contributed by atoms with Crippen LogP contribution in [0.15, 0.2) is 34.6 Å². The maximum Gasteiger partial charge on any atom is 0.190 e. The molecule has 0 amide bonds. The van der Waals surface area contributed by atoms with Gasteiger partial charge in [-0.1, -0.05) is 26.0 Å². The van der Waals surface area contributed by atoms with Crippen molar-refractivity contribution in [1.29, 1.82) is 0 Å². The van der Waals surface area contributed by atoms with Crippen molar-refractivity contribution >= 4 is 11.8 Å². The molecule has 1 heterocycles. The van der Waals surface area contributed by atoms with Crippen LogP contribution < -0.4 is 5.32 Å². The predicted octanol–water partition coefficient (Wildman–Crippen LogP) is 2.77. The fraction of sp³-hybridized carbons (Fsp3) is 0.429. The lowest BCUT2D eigenvalue weighted by Crippen LogP contribution is -2.21. The number of aryl methyl sites for hydroxylation is 2. The van der Waals surface area contributed by atoms with Crippen molar-refractivity contribution in [3.05, 3.63) is 35.7 Å². The van der Waals surface area contributed by atoms with Gasteiger partial charge in [0.15, 0.2) is 5.16 Å². The van der Waals surface area contributed by atoms with Crippen LogP contribution in [0.25, 0.3) is 0 Å². The van der Waals surface area contributed by atoms with E-state index < -0.39 is 0 Å². The van der Waals surface area contributed by atoms with E-state index in [9.17, 15) is 0 Å². The molecule has 2 aromatic rings. The molecule has 0 spiro atoms. The van der Waals surface area contributed by atoms with Crippen LogP contribution in [0, 0.1) is 6.92 Å². The van der Waals surface area contributed by atoms with Crippen LogP contribution in [0.5, 0.6) is 0 Å². The van der Waals surface area contributed by atoms with Crippen LogP contribution >= 0.6 is 11.8 Å². The molecular formula is C14H20N4S. The molecular weight excluding hydrogens is 256 g/mol. The number of nitrogens with zero attached hydrogens (tertiary/aromatic N) is 3. The van der Waals surface area contributed by atoms with E-state index >= 15 is 0 Å². The van der Waals surface area contributed by atoms with Gasteiger partial charge in [-0.3, -0.25) is 0 Å². The fourth-order valence-electron chi connectivity index (χ4n) is 1.73. The molecule has 1 aromatic carbocycles. The molecule has 4 nitrogen and oxygen atoms in total. The van der Waals surface area contributed by atoms with E-state index in [2.05, 4.69) is 54.4 Å². The van der Waals surface area contributed by atoms with E-state index in [0.717, 1.165) is 11.7 Å². The van der Waals surface area contributed by atoms with Crippen LogP contribution in [-0.2, 0) is 13.6 Å². The monoisotopic (exact) mass is 276 g/mol. The smallest absolute Gasteiger partial charge is 0.190 e. The van der Waals surface area contributed by atoms with Crippen molar-refractivity contribution in [2.45, 2.75) is 43.4 Å². The minimum Gasteiger partial charge on any atom is -0.310 e. The number of nitrogens with one attached hydrogen (secondary N) is 1. The molecule has 2 rings (SSSR count). The zero-order chi connectivity index (χ0) is 13.8. The summed E-state index contributed by atoms with van der Waals surface area (Å²) in [5.74, 6) is 0. The molecule has 1 N–H and O–H groups in total. The highest BCUT2D eigenvalue weighted by Gasteiger charge is 2.07. The standard InChI is InChI=1S/C14H20N4S/c1-10(2)15-8-12-5-6-13(11(3)7-12)19-14-16-9-17-18(14)4/h5-7,9-10,15H,8H2,1-4H3. The summed E-state index contributed by atoms with van der Waals surface area (Å²) in [7, 11) is 1.91. The Morgan fingerprint density at radius 1 is 1.37 bits per heavy atom. The SMILES string of the molecule is Cc1cc(CNC(C)C)ccc1Sc1ncnn1C. The highest BCUT2D eigenvalue weighted by molar-refractivity contribution is 7.99. The lowest BCUT2D eigenvalue weighted by atomic mass is 10.1. The maximum absolute atomic E-state index is 4.24. The Kier molecular flexibility index (Phi) is 4.61. The molecule has 0 saturated heterocycles. The lowest BCUT2D eigenvalue weighted by Gasteiger charge is -2.10. The Morgan fingerprint density at radius 3 is 2.74 bits per heavy atom. The zero-order valence-corrected chi connectivity index (χ0v) is 12.7. The predicted molar refractivity (Wildman–Crippen MR) is 78.3 cm³/mol.